The van der Waals surface area contributed by atoms with Crippen molar-refractivity contribution in [3.8, 4) is 11.4 Å². The van der Waals surface area contributed by atoms with Crippen LogP contribution in [0.3, 0.4) is 0 Å². The van der Waals surface area contributed by atoms with Gasteiger partial charge in [-0.2, -0.15) is 0 Å². The molecule has 1 aromatic heterocycles. The summed E-state index contributed by atoms with van der Waals surface area (Å²) in [4.78, 5) is 35.9. The van der Waals surface area contributed by atoms with Gasteiger partial charge >= 0.3 is 0 Å². The Morgan fingerprint density at radius 2 is 1.71 bits per heavy atom. The average Bonchev–Trinajstić information content (AvgIpc) is 3.50. The summed E-state index contributed by atoms with van der Waals surface area (Å²) in [5.41, 5.74) is 1.74. The van der Waals surface area contributed by atoms with Gasteiger partial charge in [0.15, 0.2) is 0 Å². The molecule has 2 saturated heterocycles. The number of imidazole rings is 1. The summed E-state index contributed by atoms with van der Waals surface area (Å²) in [5, 5.41) is 0. The number of carbonyl (C=O) groups excluding carboxylic acids is 2. The number of nitrogens with zero attached hydrogens (tertiary/aromatic N) is 5. The highest BCUT2D eigenvalue weighted by Gasteiger charge is 2.37. The number of benzene rings is 2. The van der Waals surface area contributed by atoms with Crippen molar-refractivity contribution in [2.75, 3.05) is 44.2 Å². The van der Waals surface area contributed by atoms with Crippen LogP contribution in [0.25, 0.3) is 11.4 Å². The Morgan fingerprint density at radius 3 is 2.44 bits per heavy atom. The van der Waals surface area contributed by atoms with Crippen LogP contribution in [-0.4, -0.2) is 70.4 Å². The minimum Gasteiger partial charge on any atom is -0.340 e. The highest BCUT2D eigenvalue weighted by Crippen LogP contribution is 2.27. The van der Waals surface area contributed by atoms with Crippen LogP contribution in [0.15, 0.2) is 67.0 Å². The van der Waals surface area contributed by atoms with E-state index in [1.807, 2.05) is 35.5 Å². The molecule has 8 heteroatoms. The molecule has 7 nitrogen and oxygen atoms in total. The van der Waals surface area contributed by atoms with Crippen LogP contribution in [-0.2, 0) is 16.1 Å². The fourth-order valence-electron chi connectivity index (χ4n) is 4.78. The number of hydrogen-bond donors (Lipinski definition) is 0. The molecule has 2 aromatic carbocycles. The molecule has 2 aliphatic heterocycles. The van der Waals surface area contributed by atoms with Crippen LogP contribution < -0.4 is 4.90 Å². The van der Waals surface area contributed by atoms with Crippen LogP contribution in [0.2, 0.25) is 0 Å². The van der Waals surface area contributed by atoms with Gasteiger partial charge in [-0.3, -0.25) is 14.5 Å². The van der Waals surface area contributed by atoms with Gasteiger partial charge in [-0.05, 0) is 24.3 Å². The van der Waals surface area contributed by atoms with E-state index < -0.39 is 0 Å². The number of carbonyl (C=O) groups is 2. The Kier molecular flexibility index (Phi) is 6.40. The summed E-state index contributed by atoms with van der Waals surface area (Å²) in [6, 6.07) is 16.0. The Morgan fingerprint density at radius 1 is 0.971 bits per heavy atom. The number of hydrogen-bond acceptors (Lipinski definition) is 4. The van der Waals surface area contributed by atoms with Gasteiger partial charge in [-0.15, -0.1) is 0 Å². The van der Waals surface area contributed by atoms with Gasteiger partial charge in [0.2, 0.25) is 11.8 Å². The van der Waals surface area contributed by atoms with E-state index in [4.69, 9.17) is 0 Å². The summed E-state index contributed by atoms with van der Waals surface area (Å²) in [5.74, 6) is 0.233. The van der Waals surface area contributed by atoms with E-state index in [1.54, 1.807) is 17.0 Å². The van der Waals surface area contributed by atoms with Crippen molar-refractivity contribution in [1.82, 2.24) is 19.4 Å². The molecule has 0 radical (unpaired) electrons. The van der Waals surface area contributed by atoms with Crippen molar-refractivity contribution in [2.24, 2.45) is 5.92 Å². The molecule has 2 fully saturated rings. The number of anilines is 1. The predicted molar refractivity (Wildman–Crippen MR) is 128 cm³/mol. The third kappa shape index (κ3) is 4.72. The summed E-state index contributed by atoms with van der Waals surface area (Å²) in [6.45, 7) is 5.02. The van der Waals surface area contributed by atoms with Crippen LogP contribution in [0, 0.1) is 11.7 Å². The second kappa shape index (κ2) is 9.77. The molecule has 1 atom stereocenters. The monoisotopic (exact) mass is 461 g/mol. The van der Waals surface area contributed by atoms with Crippen LogP contribution in [0.1, 0.15) is 6.42 Å². The fourth-order valence-corrected chi connectivity index (χ4v) is 4.78. The minimum atomic E-state index is -0.344. The number of aromatic nitrogens is 2. The Bertz CT molecular complexity index is 1140. The predicted octanol–water partition coefficient (Wildman–Crippen LogP) is 2.89. The third-order valence-corrected chi connectivity index (χ3v) is 6.70. The maximum absolute atomic E-state index is 13.2. The Balaban J connectivity index is 1.12. The molecular formula is C26H28FN5O2. The van der Waals surface area contributed by atoms with Gasteiger partial charge in [0.05, 0.1) is 5.92 Å². The molecule has 1 unspecified atom stereocenters. The lowest BCUT2D eigenvalue weighted by Gasteiger charge is -2.36. The van der Waals surface area contributed by atoms with E-state index >= 15 is 0 Å². The smallest absolute Gasteiger partial charge is 0.228 e. The molecule has 0 bridgehead atoms. The van der Waals surface area contributed by atoms with Crippen molar-refractivity contribution in [3.05, 3.63) is 72.8 Å². The molecule has 0 spiro atoms. The van der Waals surface area contributed by atoms with Crippen molar-refractivity contribution < 1.29 is 14.0 Å². The Hall–Kier alpha value is -3.52. The topological polar surface area (TPSA) is 61.7 Å². The summed E-state index contributed by atoms with van der Waals surface area (Å²) in [6.07, 6.45) is 4.04. The SMILES string of the molecule is O=C(C1CC(=O)N(c2ccc(F)cc2)C1)N1CCN(CCn2ccnc2-c2ccccc2)CC1. The second-order valence-electron chi connectivity index (χ2n) is 8.86. The van der Waals surface area contributed by atoms with E-state index in [-0.39, 0.29) is 30.0 Å². The van der Waals surface area contributed by atoms with Crippen molar-refractivity contribution in [3.63, 3.8) is 0 Å². The van der Waals surface area contributed by atoms with Crippen molar-refractivity contribution in [1.29, 1.82) is 0 Å². The van der Waals surface area contributed by atoms with E-state index in [9.17, 15) is 14.0 Å². The minimum absolute atomic E-state index is 0.0404. The zero-order valence-electron chi connectivity index (χ0n) is 19.0. The first kappa shape index (κ1) is 22.3. The zero-order valence-corrected chi connectivity index (χ0v) is 19.0. The molecule has 3 heterocycles. The average molecular weight is 462 g/mol. The highest BCUT2D eigenvalue weighted by molar-refractivity contribution is 6.00. The van der Waals surface area contributed by atoms with E-state index in [1.165, 1.54) is 12.1 Å². The lowest BCUT2D eigenvalue weighted by molar-refractivity contribution is -0.137. The first-order valence-corrected chi connectivity index (χ1v) is 11.7. The first-order valence-electron chi connectivity index (χ1n) is 11.7. The molecule has 176 valence electrons. The quantitative estimate of drug-likeness (QED) is 0.567. The molecule has 0 aliphatic carbocycles. The molecule has 2 aliphatic rings. The number of piperazine rings is 1. The number of amides is 2. The largest absolute Gasteiger partial charge is 0.340 e. The van der Waals surface area contributed by atoms with Crippen molar-refractivity contribution >= 4 is 17.5 Å². The number of halogens is 1. The molecule has 34 heavy (non-hydrogen) atoms. The maximum Gasteiger partial charge on any atom is 0.228 e. The van der Waals surface area contributed by atoms with Crippen LogP contribution >= 0.6 is 0 Å². The fraction of sp³-hybridized carbons (Fsp3) is 0.346. The maximum atomic E-state index is 13.2. The molecule has 3 aromatic rings. The second-order valence-corrected chi connectivity index (χ2v) is 8.86. The summed E-state index contributed by atoms with van der Waals surface area (Å²) in [7, 11) is 0. The normalized spacial score (nSPS) is 19.1. The number of rotatable bonds is 6. The van der Waals surface area contributed by atoms with E-state index in [2.05, 4.69) is 26.6 Å². The molecule has 0 N–H and O–H groups in total. The summed E-state index contributed by atoms with van der Waals surface area (Å²) >= 11 is 0. The van der Waals surface area contributed by atoms with Gasteiger partial charge in [0, 0.05) is 75.9 Å². The highest BCUT2D eigenvalue weighted by atomic mass is 19.1. The Labute approximate surface area is 198 Å². The van der Waals surface area contributed by atoms with Crippen molar-refractivity contribution in [2.45, 2.75) is 13.0 Å². The lowest BCUT2D eigenvalue weighted by Crippen LogP contribution is -2.51. The third-order valence-electron chi connectivity index (χ3n) is 6.70. The van der Waals surface area contributed by atoms with E-state index in [0.717, 1.165) is 37.6 Å². The van der Waals surface area contributed by atoms with Gasteiger partial charge < -0.3 is 14.4 Å². The lowest BCUT2D eigenvalue weighted by atomic mass is 10.1. The zero-order chi connectivity index (χ0) is 23.5. The van der Waals surface area contributed by atoms with Gasteiger partial charge in [0.25, 0.3) is 0 Å². The van der Waals surface area contributed by atoms with Gasteiger partial charge in [-0.25, -0.2) is 9.37 Å². The van der Waals surface area contributed by atoms with Gasteiger partial charge in [0.1, 0.15) is 11.6 Å². The van der Waals surface area contributed by atoms with E-state index in [0.29, 0.717) is 25.3 Å². The summed E-state index contributed by atoms with van der Waals surface area (Å²) < 4.78 is 15.4. The standard InChI is InChI=1S/C26H28FN5O2/c27-22-6-8-23(9-7-22)32-19-21(18-24(32)33)26(34)31-16-13-29(14-17-31)12-15-30-11-10-28-25(30)20-4-2-1-3-5-20/h1-11,21H,12-19H2. The molecule has 5 rings (SSSR count). The molecule has 0 saturated carbocycles. The van der Waals surface area contributed by atoms with Crippen LogP contribution in [0.5, 0.6) is 0 Å². The van der Waals surface area contributed by atoms with Gasteiger partial charge in [-0.1, -0.05) is 30.3 Å². The first-order chi connectivity index (χ1) is 16.6. The van der Waals surface area contributed by atoms with Crippen LogP contribution in [0.4, 0.5) is 10.1 Å². The molecule has 2 amide bonds. The molecular weight excluding hydrogens is 433 g/mol.